The topological polar surface area (TPSA) is 77.0 Å². The molecule has 0 bridgehead atoms. The van der Waals surface area contributed by atoms with Gasteiger partial charge in [0.25, 0.3) is 5.91 Å². The Labute approximate surface area is 182 Å². The van der Waals surface area contributed by atoms with Gasteiger partial charge in [0.2, 0.25) is 0 Å². The number of hydrazone groups is 1. The van der Waals surface area contributed by atoms with Crippen LogP contribution in [0.15, 0.2) is 82.4 Å². The zero-order chi connectivity index (χ0) is 21.3. The molecule has 0 aliphatic heterocycles. The number of amides is 1. The van der Waals surface area contributed by atoms with Crippen LogP contribution in [0.5, 0.6) is 11.5 Å². The van der Waals surface area contributed by atoms with Crippen LogP contribution < -0.4 is 14.9 Å². The molecule has 0 unspecified atom stereocenters. The van der Waals surface area contributed by atoms with Gasteiger partial charge < -0.3 is 9.47 Å². The van der Waals surface area contributed by atoms with E-state index in [1.807, 2.05) is 31.2 Å². The molecule has 0 saturated heterocycles. The van der Waals surface area contributed by atoms with Gasteiger partial charge in [-0.15, -0.1) is 0 Å². The zero-order valence-electron chi connectivity index (χ0n) is 16.2. The fourth-order valence-corrected chi connectivity index (χ4v) is 2.90. The summed E-state index contributed by atoms with van der Waals surface area (Å²) in [5, 5.41) is 3.91. The van der Waals surface area contributed by atoms with Crippen LogP contribution in [0.25, 0.3) is 0 Å². The van der Waals surface area contributed by atoms with Crippen molar-refractivity contribution in [2.75, 3.05) is 6.61 Å². The van der Waals surface area contributed by atoms with Crippen LogP contribution >= 0.6 is 15.9 Å². The minimum Gasteiger partial charge on any atom is -0.484 e. The molecule has 152 valence electrons. The first-order valence-electron chi connectivity index (χ1n) is 9.09. The summed E-state index contributed by atoms with van der Waals surface area (Å²) in [6, 6.07) is 21.2. The first kappa shape index (κ1) is 21.3. The molecule has 3 rings (SSSR count). The van der Waals surface area contributed by atoms with E-state index in [0.717, 1.165) is 10.0 Å². The minimum atomic E-state index is -0.466. The molecule has 0 atom stereocenters. The molecule has 30 heavy (non-hydrogen) atoms. The molecule has 0 aliphatic rings. The molecule has 3 aromatic carbocycles. The molecule has 0 aromatic heterocycles. The average molecular weight is 467 g/mol. The number of hydrogen-bond donors (Lipinski definition) is 1. The van der Waals surface area contributed by atoms with Gasteiger partial charge in [0.05, 0.1) is 11.8 Å². The molecule has 7 heteroatoms. The number of carbonyl (C=O) groups is 2. The molecule has 1 N–H and O–H groups in total. The number of esters is 1. The monoisotopic (exact) mass is 466 g/mol. The summed E-state index contributed by atoms with van der Waals surface area (Å²) in [7, 11) is 0. The van der Waals surface area contributed by atoms with Crippen molar-refractivity contribution in [2.45, 2.75) is 6.92 Å². The number of rotatable bonds is 7. The van der Waals surface area contributed by atoms with Crippen LogP contribution in [0.3, 0.4) is 0 Å². The Balaban J connectivity index is 1.52. The lowest BCUT2D eigenvalue weighted by Crippen LogP contribution is -2.24. The van der Waals surface area contributed by atoms with Crippen LogP contribution in [-0.2, 0) is 4.79 Å². The summed E-state index contributed by atoms with van der Waals surface area (Å²) in [5.74, 6) is 0.143. The largest absolute Gasteiger partial charge is 0.484 e. The summed E-state index contributed by atoms with van der Waals surface area (Å²) in [6.07, 6.45) is 1.46. The van der Waals surface area contributed by atoms with Gasteiger partial charge >= 0.3 is 5.97 Å². The Morgan fingerprint density at radius 3 is 2.57 bits per heavy atom. The number of ether oxygens (including phenoxy) is 2. The molecule has 1 amide bonds. The van der Waals surface area contributed by atoms with Crippen molar-refractivity contribution in [3.8, 4) is 11.5 Å². The van der Waals surface area contributed by atoms with E-state index in [4.69, 9.17) is 9.47 Å². The molecule has 0 radical (unpaired) electrons. The minimum absolute atomic E-state index is 0.148. The van der Waals surface area contributed by atoms with E-state index in [2.05, 4.69) is 26.5 Å². The van der Waals surface area contributed by atoms with Crippen molar-refractivity contribution in [3.05, 3.63) is 94.0 Å². The highest BCUT2D eigenvalue weighted by atomic mass is 79.9. The molecule has 3 aromatic rings. The van der Waals surface area contributed by atoms with Crippen molar-refractivity contribution in [2.24, 2.45) is 5.10 Å². The third kappa shape index (κ3) is 6.56. The Morgan fingerprint density at radius 1 is 1.00 bits per heavy atom. The Hall–Kier alpha value is -3.45. The van der Waals surface area contributed by atoms with E-state index < -0.39 is 5.97 Å². The second-order valence-electron chi connectivity index (χ2n) is 6.37. The number of halogens is 1. The van der Waals surface area contributed by atoms with Gasteiger partial charge in [-0.1, -0.05) is 46.3 Å². The van der Waals surface area contributed by atoms with Crippen molar-refractivity contribution < 1.29 is 19.1 Å². The number of nitrogens with zero attached hydrogens (tertiary/aromatic N) is 1. The fourth-order valence-electron chi connectivity index (χ4n) is 2.50. The Morgan fingerprint density at radius 2 is 1.77 bits per heavy atom. The summed E-state index contributed by atoms with van der Waals surface area (Å²) in [5.41, 5.74) is 4.54. The molecule has 0 fully saturated rings. The third-order valence-electron chi connectivity index (χ3n) is 3.89. The SMILES string of the molecule is Cc1cccc(OCC(=O)N/N=C\c2cccc(OC(=O)c3cccc(Br)c3)c2)c1. The molecule has 6 nitrogen and oxygen atoms in total. The van der Waals surface area contributed by atoms with Gasteiger partial charge in [0, 0.05) is 4.47 Å². The van der Waals surface area contributed by atoms with Gasteiger partial charge in [0.1, 0.15) is 11.5 Å². The molecule has 0 saturated carbocycles. The van der Waals surface area contributed by atoms with Crippen LogP contribution in [0.1, 0.15) is 21.5 Å². The van der Waals surface area contributed by atoms with Crippen molar-refractivity contribution in [1.82, 2.24) is 5.43 Å². The van der Waals surface area contributed by atoms with E-state index in [9.17, 15) is 9.59 Å². The smallest absolute Gasteiger partial charge is 0.343 e. The maximum absolute atomic E-state index is 12.2. The lowest BCUT2D eigenvalue weighted by atomic mass is 10.2. The lowest BCUT2D eigenvalue weighted by Gasteiger charge is -2.06. The quantitative estimate of drug-likeness (QED) is 0.240. The van der Waals surface area contributed by atoms with E-state index in [1.54, 1.807) is 48.5 Å². The first-order chi connectivity index (χ1) is 14.5. The van der Waals surface area contributed by atoms with Crippen molar-refractivity contribution >= 4 is 34.0 Å². The van der Waals surface area contributed by atoms with E-state index >= 15 is 0 Å². The maximum atomic E-state index is 12.2. The van der Waals surface area contributed by atoms with Crippen molar-refractivity contribution in [1.29, 1.82) is 0 Å². The summed E-state index contributed by atoms with van der Waals surface area (Å²) in [4.78, 5) is 24.1. The van der Waals surface area contributed by atoms with Gasteiger partial charge in [0.15, 0.2) is 6.61 Å². The lowest BCUT2D eigenvalue weighted by molar-refractivity contribution is -0.123. The Kier molecular flexibility index (Phi) is 7.34. The van der Waals surface area contributed by atoms with Crippen LogP contribution in [0, 0.1) is 6.92 Å². The van der Waals surface area contributed by atoms with E-state index in [1.165, 1.54) is 6.21 Å². The molecule has 0 aliphatic carbocycles. The zero-order valence-corrected chi connectivity index (χ0v) is 17.8. The average Bonchev–Trinajstić information content (AvgIpc) is 2.73. The second kappa shape index (κ2) is 10.4. The van der Waals surface area contributed by atoms with Gasteiger partial charge in [-0.25, -0.2) is 10.2 Å². The van der Waals surface area contributed by atoms with Gasteiger partial charge in [-0.05, 0) is 60.5 Å². The normalized spacial score (nSPS) is 10.6. The number of benzene rings is 3. The van der Waals surface area contributed by atoms with Gasteiger partial charge in [-0.2, -0.15) is 5.10 Å². The van der Waals surface area contributed by atoms with E-state index in [-0.39, 0.29) is 12.5 Å². The summed E-state index contributed by atoms with van der Waals surface area (Å²) >= 11 is 3.33. The van der Waals surface area contributed by atoms with Gasteiger partial charge in [-0.3, -0.25) is 4.79 Å². The maximum Gasteiger partial charge on any atom is 0.343 e. The predicted molar refractivity (Wildman–Crippen MR) is 118 cm³/mol. The highest BCUT2D eigenvalue weighted by molar-refractivity contribution is 9.10. The highest BCUT2D eigenvalue weighted by Crippen LogP contribution is 2.17. The van der Waals surface area contributed by atoms with Crippen LogP contribution in [-0.4, -0.2) is 24.7 Å². The number of carbonyl (C=O) groups excluding carboxylic acids is 2. The summed E-state index contributed by atoms with van der Waals surface area (Å²) in [6.45, 7) is 1.80. The molecule has 0 spiro atoms. The van der Waals surface area contributed by atoms with Crippen LogP contribution in [0.4, 0.5) is 0 Å². The predicted octanol–water partition coefficient (Wildman–Crippen LogP) is 4.51. The summed E-state index contributed by atoms with van der Waals surface area (Å²) < 4.78 is 11.6. The number of nitrogens with one attached hydrogen (secondary N) is 1. The molecule has 0 heterocycles. The van der Waals surface area contributed by atoms with Crippen LogP contribution in [0.2, 0.25) is 0 Å². The second-order valence-corrected chi connectivity index (χ2v) is 7.29. The Bertz CT molecular complexity index is 1080. The molecular weight excluding hydrogens is 448 g/mol. The first-order valence-corrected chi connectivity index (χ1v) is 9.88. The van der Waals surface area contributed by atoms with E-state index in [0.29, 0.717) is 22.6 Å². The standard InChI is InChI=1S/C23H19BrN2O4/c1-16-5-2-9-20(11-16)29-15-22(27)26-25-14-17-6-3-10-21(12-17)30-23(28)18-7-4-8-19(24)13-18/h2-14H,15H2,1H3,(H,26,27)/b25-14-. The third-order valence-corrected chi connectivity index (χ3v) is 4.38. The number of aryl methyl sites for hydroxylation is 1. The number of hydrogen-bond acceptors (Lipinski definition) is 5. The fraction of sp³-hybridized carbons (Fsp3) is 0.0870. The highest BCUT2D eigenvalue weighted by Gasteiger charge is 2.09. The molecular formula is C23H19BrN2O4. The van der Waals surface area contributed by atoms with Crippen molar-refractivity contribution in [3.63, 3.8) is 0 Å².